The molecule has 1 N–H and O–H groups in total. The van der Waals surface area contributed by atoms with E-state index in [4.69, 9.17) is 4.74 Å². The normalized spacial score (nSPS) is 12.3. The number of nitrogens with one attached hydrogen (secondary N) is 1. The molecule has 18 heavy (non-hydrogen) atoms. The van der Waals surface area contributed by atoms with Crippen molar-refractivity contribution in [3.8, 4) is 5.75 Å². The average Bonchev–Trinajstić information content (AvgIpc) is 2.34. The minimum atomic E-state index is -0.580. The van der Waals surface area contributed by atoms with Crippen LogP contribution in [0.15, 0.2) is 18.2 Å². The number of alkyl halides is 1. The fraction of sp³-hybridized carbons (Fsp3) is 0.462. The van der Waals surface area contributed by atoms with Crippen molar-refractivity contribution >= 4 is 21.8 Å². The van der Waals surface area contributed by atoms with E-state index in [1.54, 1.807) is 6.07 Å². The molecule has 0 saturated heterocycles. The summed E-state index contributed by atoms with van der Waals surface area (Å²) in [5, 5.41) is 3.43. The van der Waals surface area contributed by atoms with E-state index in [0.29, 0.717) is 11.1 Å². The molecule has 100 valence electrons. The van der Waals surface area contributed by atoms with E-state index in [9.17, 15) is 9.18 Å². The summed E-state index contributed by atoms with van der Waals surface area (Å²) in [6, 6.07) is 4.16. The molecular weight excluding hydrogens is 301 g/mol. The number of methoxy groups -OCH3 is 1. The standard InChI is InChI=1S/C13H17BrFNO2/c1-8(2)12(7-14)16-13(17)10-5-4-9(18-3)6-11(10)15/h4-6,8,12H,7H2,1-3H3,(H,16,17). The Morgan fingerprint density at radius 2 is 2.17 bits per heavy atom. The Labute approximate surface area is 115 Å². The number of rotatable bonds is 5. The highest BCUT2D eigenvalue weighted by atomic mass is 79.9. The molecule has 0 bridgehead atoms. The van der Waals surface area contributed by atoms with Gasteiger partial charge in [-0.25, -0.2) is 4.39 Å². The molecule has 1 atom stereocenters. The average molecular weight is 318 g/mol. The second-order valence-electron chi connectivity index (χ2n) is 4.32. The molecule has 0 aliphatic carbocycles. The summed E-state index contributed by atoms with van der Waals surface area (Å²) in [6.07, 6.45) is 0. The topological polar surface area (TPSA) is 38.3 Å². The summed E-state index contributed by atoms with van der Waals surface area (Å²) in [7, 11) is 1.45. The first-order valence-electron chi connectivity index (χ1n) is 5.70. The fourth-order valence-electron chi connectivity index (χ4n) is 1.44. The van der Waals surface area contributed by atoms with Crippen LogP contribution < -0.4 is 10.1 Å². The SMILES string of the molecule is COc1ccc(C(=O)NC(CBr)C(C)C)c(F)c1. The summed E-state index contributed by atoms with van der Waals surface area (Å²) >= 11 is 3.33. The lowest BCUT2D eigenvalue weighted by Crippen LogP contribution is -2.40. The minimum absolute atomic E-state index is 0.0287. The predicted octanol–water partition coefficient (Wildman–Crippen LogP) is 2.98. The van der Waals surface area contributed by atoms with Gasteiger partial charge < -0.3 is 10.1 Å². The molecule has 0 spiro atoms. The van der Waals surface area contributed by atoms with Gasteiger partial charge in [0, 0.05) is 17.4 Å². The van der Waals surface area contributed by atoms with Crippen molar-refractivity contribution < 1.29 is 13.9 Å². The smallest absolute Gasteiger partial charge is 0.254 e. The molecule has 1 aromatic carbocycles. The van der Waals surface area contributed by atoms with Crippen molar-refractivity contribution in [2.24, 2.45) is 5.92 Å². The highest BCUT2D eigenvalue weighted by molar-refractivity contribution is 9.09. The Morgan fingerprint density at radius 3 is 2.61 bits per heavy atom. The van der Waals surface area contributed by atoms with Crippen LogP contribution in [0.25, 0.3) is 0 Å². The van der Waals surface area contributed by atoms with Crippen LogP contribution in [0.1, 0.15) is 24.2 Å². The zero-order valence-corrected chi connectivity index (χ0v) is 12.3. The molecule has 0 aromatic heterocycles. The molecule has 5 heteroatoms. The Morgan fingerprint density at radius 1 is 1.50 bits per heavy atom. The molecule has 0 saturated carbocycles. The van der Waals surface area contributed by atoms with Crippen molar-refractivity contribution in [1.29, 1.82) is 0 Å². The van der Waals surface area contributed by atoms with E-state index in [1.807, 2.05) is 13.8 Å². The Kier molecular flexibility index (Phi) is 5.59. The maximum absolute atomic E-state index is 13.7. The highest BCUT2D eigenvalue weighted by Gasteiger charge is 2.18. The number of amides is 1. The molecule has 0 heterocycles. The van der Waals surface area contributed by atoms with Gasteiger partial charge in [0.1, 0.15) is 11.6 Å². The first-order valence-corrected chi connectivity index (χ1v) is 6.82. The van der Waals surface area contributed by atoms with Crippen LogP contribution >= 0.6 is 15.9 Å². The third-order valence-electron chi connectivity index (χ3n) is 2.71. The van der Waals surface area contributed by atoms with Crippen LogP contribution in [0, 0.1) is 11.7 Å². The van der Waals surface area contributed by atoms with Gasteiger partial charge in [-0.2, -0.15) is 0 Å². The van der Waals surface area contributed by atoms with Crippen LogP contribution in [0.3, 0.4) is 0 Å². The second kappa shape index (κ2) is 6.73. The molecule has 0 aliphatic rings. The van der Waals surface area contributed by atoms with Crippen LogP contribution in [0.2, 0.25) is 0 Å². The molecule has 1 unspecified atom stereocenters. The Bertz CT molecular complexity index is 423. The maximum atomic E-state index is 13.7. The highest BCUT2D eigenvalue weighted by Crippen LogP contribution is 2.16. The number of ether oxygens (including phenoxy) is 1. The van der Waals surface area contributed by atoms with Crippen LogP contribution in [-0.4, -0.2) is 24.4 Å². The lowest BCUT2D eigenvalue weighted by atomic mass is 10.1. The molecule has 0 fully saturated rings. The first kappa shape index (κ1) is 15.0. The number of carbonyl (C=O) groups excluding carboxylic acids is 1. The number of hydrogen-bond acceptors (Lipinski definition) is 2. The largest absolute Gasteiger partial charge is 0.497 e. The lowest BCUT2D eigenvalue weighted by Gasteiger charge is -2.20. The van der Waals surface area contributed by atoms with E-state index in [0.717, 1.165) is 0 Å². The van der Waals surface area contributed by atoms with Crippen molar-refractivity contribution in [2.45, 2.75) is 19.9 Å². The summed E-state index contributed by atoms with van der Waals surface area (Å²) in [6.45, 7) is 3.99. The van der Waals surface area contributed by atoms with Crippen molar-refractivity contribution in [1.82, 2.24) is 5.32 Å². The zero-order chi connectivity index (χ0) is 13.7. The predicted molar refractivity (Wildman–Crippen MR) is 72.8 cm³/mol. The molecule has 3 nitrogen and oxygen atoms in total. The van der Waals surface area contributed by atoms with E-state index < -0.39 is 11.7 Å². The van der Waals surface area contributed by atoms with E-state index in [2.05, 4.69) is 21.2 Å². The van der Waals surface area contributed by atoms with Gasteiger partial charge in [-0.1, -0.05) is 29.8 Å². The Hall–Kier alpha value is -1.10. The van der Waals surface area contributed by atoms with Gasteiger partial charge in [0.25, 0.3) is 5.91 Å². The third-order valence-corrected chi connectivity index (χ3v) is 3.41. The molecule has 1 amide bonds. The van der Waals surface area contributed by atoms with E-state index in [1.165, 1.54) is 19.2 Å². The molecule has 1 rings (SSSR count). The Balaban J connectivity index is 2.84. The van der Waals surface area contributed by atoms with Gasteiger partial charge in [0.05, 0.1) is 12.7 Å². The van der Waals surface area contributed by atoms with Gasteiger partial charge >= 0.3 is 0 Å². The van der Waals surface area contributed by atoms with Crippen LogP contribution in [0.4, 0.5) is 4.39 Å². The van der Waals surface area contributed by atoms with Crippen LogP contribution in [0.5, 0.6) is 5.75 Å². The zero-order valence-electron chi connectivity index (χ0n) is 10.7. The molecule has 0 aliphatic heterocycles. The summed E-state index contributed by atoms with van der Waals surface area (Å²) in [4.78, 5) is 11.9. The van der Waals surface area contributed by atoms with Gasteiger partial charge in [0.15, 0.2) is 0 Å². The maximum Gasteiger partial charge on any atom is 0.254 e. The van der Waals surface area contributed by atoms with Gasteiger partial charge in [-0.3, -0.25) is 4.79 Å². The van der Waals surface area contributed by atoms with E-state index in [-0.39, 0.29) is 17.5 Å². The lowest BCUT2D eigenvalue weighted by molar-refractivity contribution is 0.0927. The monoisotopic (exact) mass is 317 g/mol. The third kappa shape index (κ3) is 3.70. The molecular formula is C13H17BrFNO2. The van der Waals surface area contributed by atoms with Gasteiger partial charge in [0.2, 0.25) is 0 Å². The number of benzene rings is 1. The molecule has 0 radical (unpaired) electrons. The summed E-state index contributed by atoms with van der Waals surface area (Å²) in [5.41, 5.74) is 0.0300. The quantitative estimate of drug-likeness (QED) is 0.848. The van der Waals surface area contributed by atoms with Gasteiger partial charge in [-0.05, 0) is 18.1 Å². The van der Waals surface area contributed by atoms with E-state index >= 15 is 0 Å². The number of carbonyl (C=O) groups is 1. The first-order chi connectivity index (χ1) is 8.49. The molecule has 1 aromatic rings. The van der Waals surface area contributed by atoms with Crippen molar-refractivity contribution in [2.75, 3.05) is 12.4 Å². The number of hydrogen-bond donors (Lipinski definition) is 1. The summed E-state index contributed by atoms with van der Waals surface area (Å²) < 4.78 is 18.6. The minimum Gasteiger partial charge on any atom is -0.497 e. The van der Waals surface area contributed by atoms with Crippen molar-refractivity contribution in [3.63, 3.8) is 0 Å². The summed E-state index contributed by atoms with van der Waals surface area (Å²) in [5.74, 6) is -0.322. The fourth-order valence-corrected chi connectivity index (χ4v) is 2.35. The van der Waals surface area contributed by atoms with Crippen molar-refractivity contribution in [3.05, 3.63) is 29.6 Å². The number of halogens is 2. The second-order valence-corrected chi connectivity index (χ2v) is 4.97. The van der Waals surface area contributed by atoms with Crippen LogP contribution in [-0.2, 0) is 0 Å². The van der Waals surface area contributed by atoms with Gasteiger partial charge in [-0.15, -0.1) is 0 Å².